The molecule has 26 heavy (non-hydrogen) atoms. The van der Waals surface area contributed by atoms with Gasteiger partial charge in [0.15, 0.2) is 0 Å². The third kappa shape index (κ3) is 2.66. The van der Waals surface area contributed by atoms with Crippen LogP contribution in [0, 0.1) is 10.8 Å². The summed E-state index contributed by atoms with van der Waals surface area (Å²) in [6.07, 6.45) is 4.84. The lowest BCUT2D eigenvalue weighted by Crippen LogP contribution is -2.47. The first-order valence-corrected chi connectivity index (χ1v) is 7.82. The zero-order valence-corrected chi connectivity index (χ0v) is 13.3. The Balaban J connectivity index is 0. The topological polar surface area (TPSA) is 0 Å². The Bertz CT molecular complexity index is 694. The summed E-state index contributed by atoms with van der Waals surface area (Å²) in [7, 11) is 0. The molecule has 0 unspecified atom stereocenters. The summed E-state index contributed by atoms with van der Waals surface area (Å²) < 4.78 is 0. The van der Waals surface area contributed by atoms with Crippen LogP contribution in [0.4, 0.5) is 0 Å². The quantitative estimate of drug-likeness (QED) is 0.415. The van der Waals surface area contributed by atoms with E-state index in [1.807, 2.05) is 0 Å². The van der Waals surface area contributed by atoms with Crippen molar-refractivity contribution < 1.29 is 0 Å². The van der Waals surface area contributed by atoms with Crippen LogP contribution < -0.4 is 0 Å². The van der Waals surface area contributed by atoms with Crippen molar-refractivity contribution in [3.05, 3.63) is 71.8 Å². The van der Waals surface area contributed by atoms with Gasteiger partial charge in [-0.1, -0.05) is 126 Å². The normalized spacial score (nSPS) is 18.0. The minimum Gasteiger partial charge on any atom is -0.0810 e. The molecular formula is C26H42. The minimum absolute atomic E-state index is 0. The maximum atomic E-state index is 2.42. The summed E-state index contributed by atoms with van der Waals surface area (Å²) in [5, 5.41) is 0. The van der Waals surface area contributed by atoms with E-state index >= 15 is 0 Å². The predicted octanol–water partition coefficient (Wildman–Crippen LogP) is 8.76. The van der Waals surface area contributed by atoms with Gasteiger partial charge in [-0.25, -0.2) is 0 Å². The molecule has 0 saturated carbocycles. The number of rotatable bonds is 0. The zero-order valence-electron chi connectivity index (χ0n) is 13.3. The standard InChI is InChI=1S/C21H22.5CH4/c1-19(2)13-14-20(3,4)21(19)17-11-7-5-9-15(17)16-10-6-8-12-18(16)21;;;;;/h5-14H,1-4H3;5*1H4. The molecule has 0 heteroatoms. The van der Waals surface area contributed by atoms with Gasteiger partial charge in [-0.2, -0.15) is 0 Å². The van der Waals surface area contributed by atoms with E-state index in [9.17, 15) is 0 Å². The maximum absolute atomic E-state index is 2.42. The Hall–Kier alpha value is -1.82. The van der Waals surface area contributed by atoms with E-state index in [4.69, 9.17) is 0 Å². The number of fused-ring (bicyclic) bond motifs is 5. The van der Waals surface area contributed by atoms with Crippen molar-refractivity contribution in [2.45, 2.75) is 70.2 Å². The Kier molecular flexibility index (Phi) is 7.95. The third-order valence-corrected chi connectivity index (χ3v) is 5.80. The van der Waals surface area contributed by atoms with Gasteiger partial charge >= 0.3 is 0 Å². The van der Waals surface area contributed by atoms with Gasteiger partial charge in [0, 0.05) is 5.41 Å². The Labute approximate surface area is 164 Å². The van der Waals surface area contributed by atoms with Crippen LogP contribution in [-0.4, -0.2) is 0 Å². The van der Waals surface area contributed by atoms with Crippen molar-refractivity contribution in [1.82, 2.24) is 0 Å². The Morgan fingerprint density at radius 2 is 0.808 bits per heavy atom. The molecule has 2 aromatic carbocycles. The molecule has 0 nitrogen and oxygen atoms in total. The van der Waals surface area contributed by atoms with Crippen molar-refractivity contribution in [3.8, 4) is 11.1 Å². The van der Waals surface area contributed by atoms with Crippen molar-refractivity contribution in [3.63, 3.8) is 0 Å². The van der Waals surface area contributed by atoms with E-state index in [0.29, 0.717) is 0 Å². The lowest BCUT2D eigenvalue weighted by Gasteiger charge is -2.49. The van der Waals surface area contributed by atoms with E-state index in [2.05, 4.69) is 88.4 Å². The molecule has 4 rings (SSSR count). The molecule has 0 fully saturated rings. The molecule has 0 radical (unpaired) electrons. The highest BCUT2D eigenvalue weighted by molar-refractivity contribution is 5.83. The van der Waals surface area contributed by atoms with Crippen LogP contribution in [0.5, 0.6) is 0 Å². The summed E-state index contributed by atoms with van der Waals surface area (Å²) in [6.45, 7) is 9.54. The second-order valence-corrected chi connectivity index (χ2v) is 7.62. The van der Waals surface area contributed by atoms with Crippen LogP contribution in [0.3, 0.4) is 0 Å². The molecule has 0 bridgehead atoms. The number of benzene rings is 2. The van der Waals surface area contributed by atoms with Gasteiger partial charge < -0.3 is 0 Å². The van der Waals surface area contributed by atoms with Gasteiger partial charge in [-0.15, -0.1) is 0 Å². The van der Waals surface area contributed by atoms with E-state index < -0.39 is 0 Å². The fourth-order valence-electron chi connectivity index (χ4n) is 5.12. The zero-order chi connectivity index (χ0) is 14.9. The maximum Gasteiger partial charge on any atom is 0.0385 e. The average Bonchev–Trinajstić information content (AvgIpc) is 2.87. The molecule has 2 aromatic rings. The van der Waals surface area contributed by atoms with Crippen LogP contribution in [0.25, 0.3) is 11.1 Å². The van der Waals surface area contributed by atoms with E-state index in [1.165, 1.54) is 22.3 Å². The lowest BCUT2D eigenvalue weighted by atomic mass is 9.53. The second kappa shape index (κ2) is 7.82. The Morgan fingerprint density at radius 1 is 0.500 bits per heavy atom. The summed E-state index contributed by atoms with van der Waals surface area (Å²) >= 11 is 0. The van der Waals surface area contributed by atoms with Gasteiger partial charge in [0.05, 0.1) is 0 Å². The average molecular weight is 355 g/mol. The summed E-state index contributed by atoms with van der Waals surface area (Å²) in [5.41, 5.74) is 6.07. The van der Waals surface area contributed by atoms with Crippen LogP contribution in [0.2, 0.25) is 0 Å². The molecule has 2 aliphatic carbocycles. The Morgan fingerprint density at radius 3 is 1.15 bits per heavy atom. The van der Waals surface area contributed by atoms with Gasteiger partial charge in [0.1, 0.15) is 0 Å². The summed E-state index contributed by atoms with van der Waals surface area (Å²) in [4.78, 5) is 0. The van der Waals surface area contributed by atoms with E-state index in [-0.39, 0.29) is 53.4 Å². The molecule has 0 amide bonds. The number of hydrogen-bond acceptors (Lipinski definition) is 0. The smallest absolute Gasteiger partial charge is 0.0385 e. The molecule has 1 spiro atoms. The third-order valence-electron chi connectivity index (χ3n) is 5.80. The predicted molar refractivity (Wildman–Crippen MR) is 123 cm³/mol. The molecule has 0 N–H and O–H groups in total. The van der Waals surface area contributed by atoms with Gasteiger partial charge in [-0.05, 0) is 33.1 Å². The first-order chi connectivity index (χ1) is 9.92. The lowest BCUT2D eigenvalue weighted by molar-refractivity contribution is 0.173. The molecule has 0 aromatic heterocycles. The van der Waals surface area contributed by atoms with Crippen molar-refractivity contribution >= 4 is 0 Å². The molecule has 0 saturated heterocycles. The highest BCUT2D eigenvalue weighted by Gasteiger charge is 2.61. The molecule has 146 valence electrons. The molecule has 0 aliphatic heterocycles. The highest BCUT2D eigenvalue weighted by atomic mass is 14.6. The highest BCUT2D eigenvalue weighted by Crippen LogP contribution is 2.68. The molecular weight excluding hydrogens is 312 g/mol. The first kappa shape index (κ1) is 26.4. The number of hydrogen-bond donors (Lipinski definition) is 0. The first-order valence-electron chi connectivity index (χ1n) is 7.82. The number of allylic oxidation sites excluding steroid dienone is 2. The molecule has 0 atom stereocenters. The minimum atomic E-state index is 0. The van der Waals surface area contributed by atoms with Crippen LogP contribution in [-0.2, 0) is 5.41 Å². The van der Waals surface area contributed by atoms with Crippen molar-refractivity contribution in [2.75, 3.05) is 0 Å². The summed E-state index contributed by atoms with van der Waals surface area (Å²) in [6, 6.07) is 18.0. The monoisotopic (exact) mass is 354 g/mol. The fourth-order valence-corrected chi connectivity index (χ4v) is 5.12. The van der Waals surface area contributed by atoms with Crippen molar-refractivity contribution in [2.24, 2.45) is 10.8 Å². The van der Waals surface area contributed by atoms with E-state index in [1.54, 1.807) is 0 Å². The van der Waals surface area contributed by atoms with Crippen molar-refractivity contribution in [1.29, 1.82) is 0 Å². The van der Waals surface area contributed by atoms with Gasteiger partial charge in [0.25, 0.3) is 0 Å². The molecule has 2 aliphatic rings. The van der Waals surface area contributed by atoms with Gasteiger partial charge in [-0.3, -0.25) is 0 Å². The summed E-state index contributed by atoms with van der Waals surface area (Å²) in [5.74, 6) is 0. The fraction of sp³-hybridized carbons (Fsp3) is 0.462. The second-order valence-electron chi connectivity index (χ2n) is 7.62. The molecule has 0 heterocycles. The van der Waals surface area contributed by atoms with Gasteiger partial charge in [0.2, 0.25) is 0 Å². The van der Waals surface area contributed by atoms with Crippen LogP contribution in [0.15, 0.2) is 60.7 Å². The largest absolute Gasteiger partial charge is 0.0810 e. The van der Waals surface area contributed by atoms with E-state index in [0.717, 1.165) is 0 Å². The SMILES string of the molecule is C.C.C.C.C.CC1(C)C=CC(C)(C)C12c1ccccc1-c1ccccc12. The van der Waals surface area contributed by atoms with Crippen LogP contribution >= 0.6 is 0 Å². The van der Waals surface area contributed by atoms with Crippen LogP contribution in [0.1, 0.15) is 76.0 Å².